The van der Waals surface area contributed by atoms with E-state index >= 15 is 0 Å². The Kier molecular flexibility index (Phi) is 4.58. The zero-order valence-electron chi connectivity index (χ0n) is 12.4. The molecule has 5 nitrogen and oxygen atoms in total. The molecule has 2 aromatic rings. The van der Waals surface area contributed by atoms with Gasteiger partial charge in [-0.25, -0.2) is 9.78 Å². The van der Waals surface area contributed by atoms with Gasteiger partial charge in [-0.3, -0.25) is 0 Å². The highest BCUT2D eigenvalue weighted by Crippen LogP contribution is 2.24. The van der Waals surface area contributed by atoms with Gasteiger partial charge in [0.05, 0.1) is 23.9 Å². The molecule has 0 spiro atoms. The Bertz CT molecular complexity index is 639. The summed E-state index contributed by atoms with van der Waals surface area (Å²) in [5.74, 6) is 0.870. The normalized spacial score (nSPS) is 14.2. The Morgan fingerprint density at radius 3 is 2.86 bits per heavy atom. The predicted molar refractivity (Wildman–Crippen MR) is 85.3 cm³/mol. The first-order valence-corrected chi connectivity index (χ1v) is 8.23. The first-order valence-electron chi connectivity index (χ1n) is 7.35. The maximum absolute atomic E-state index is 11.4. The maximum atomic E-state index is 11.4. The van der Waals surface area contributed by atoms with Crippen LogP contribution >= 0.6 is 11.3 Å². The molecule has 1 aromatic carbocycles. The zero-order chi connectivity index (χ0) is 15.4. The van der Waals surface area contributed by atoms with Crippen molar-refractivity contribution in [1.82, 2.24) is 9.88 Å². The Morgan fingerprint density at radius 2 is 2.18 bits per heavy atom. The molecule has 0 unspecified atom stereocenters. The lowest BCUT2D eigenvalue weighted by Crippen LogP contribution is -2.26. The van der Waals surface area contributed by atoms with E-state index in [4.69, 9.17) is 9.47 Å². The number of rotatable bonds is 6. The van der Waals surface area contributed by atoms with Gasteiger partial charge in [0.15, 0.2) is 0 Å². The van der Waals surface area contributed by atoms with Crippen LogP contribution in [0.25, 0.3) is 11.3 Å². The van der Waals surface area contributed by atoms with Crippen LogP contribution in [0.4, 0.5) is 4.79 Å². The molecule has 1 aliphatic rings. The van der Waals surface area contributed by atoms with Gasteiger partial charge in [-0.1, -0.05) is 0 Å². The van der Waals surface area contributed by atoms with Crippen LogP contribution in [0.15, 0.2) is 29.6 Å². The highest BCUT2D eigenvalue weighted by atomic mass is 32.1. The molecule has 1 aromatic heterocycles. The van der Waals surface area contributed by atoms with Crippen molar-refractivity contribution in [3.05, 3.63) is 34.7 Å². The largest absolute Gasteiger partial charge is 0.494 e. The van der Waals surface area contributed by atoms with Crippen molar-refractivity contribution < 1.29 is 14.3 Å². The van der Waals surface area contributed by atoms with Gasteiger partial charge in [0.1, 0.15) is 12.4 Å². The minimum atomic E-state index is -0.219. The van der Waals surface area contributed by atoms with Crippen LogP contribution < -0.4 is 4.74 Å². The Morgan fingerprint density at radius 1 is 1.36 bits per heavy atom. The fourth-order valence-electron chi connectivity index (χ4n) is 2.31. The van der Waals surface area contributed by atoms with Crippen molar-refractivity contribution in [2.45, 2.75) is 13.3 Å². The number of benzene rings is 1. The molecule has 6 heteroatoms. The standard InChI is InChI=1S/C16H18N2O3S/c1-2-20-13-5-3-12(4-6-13)14-11-22-15(17-14)7-8-18-9-10-21-16(18)19/h3-6,11H,2,7-10H2,1H3. The summed E-state index contributed by atoms with van der Waals surface area (Å²) < 4.78 is 10.4. The highest BCUT2D eigenvalue weighted by molar-refractivity contribution is 7.09. The van der Waals surface area contributed by atoms with E-state index in [2.05, 4.69) is 4.98 Å². The number of carbonyl (C=O) groups is 1. The summed E-state index contributed by atoms with van der Waals surface area (Å²) >= 11 is 1.62. The molecular weight excluding hydrogens is 300 g/mol. The van der Waals surface area contributed by atoms with Crippen molar-refractivity contribution in [2.24, 2.45) is 0 Å². The van der Waals surface area contributed by atoms with Crippen LogP contribution in [0.1, 0.15) is 11.9 Å². The van der Waals surface area contributed by atoms with Crippen molar-refractivity contribution in [2.75, 3.05) is 26.3 Å². The second kappa shape index (κ2) is 6.79. The number of aromatic nitrogens is 1. The Hall–Kier alpha value is -2.08. The summed E-state index contributed by atoms with van der Waals surface area (Å²) in [7, 11) is 0. The number of hydrogen-bond donors (Lipinski definition) is 0. The van der Waals surface area contributed by atoms with Crippen molar-refractivity contribution in [3.8, 4) is 17.0 Å². The van der Waals surface area contributed by atoms with E-state index in [1.54, 1.807) is 16.2 Å². The van der Waals surface area contributed by atoms with Crippen LogP contribution in [-0.4, -0.2) is 42.3 Å². The number of nitrogens with zero attached hydrogens (tertiary/aromatic N) is 2. The highest BCUT2D eigenvalue weighted by Gasteiger charge is 2.21. The van der Waals surface area contributed by atoms with Crippen molar-refractivity contribution in [3.63, 3.8) is 0 Å². The number of carbonyl (C=O) groups excluding carboxylic acids is 1. The van der Waals surface area contributed by atoms with Gasteiger partial charge in [-0.15, -0.1) is 11.3 Å². The molecule has 0 radical (unpaired) electrons. The van der Waals surface area contributed by atoms with Gasteiger partial charge < -0.3 is 14.4 Å². The lowest BCUT2D eigenvalue weighted by molar-refractivity contribution is 0.159. The van der Waals surface area contributed by atoms with Gasteiger partial charge >= 0.3 is 6.09 Å². The van der Waals surface area contributed by atoms with Gasteiger partial charge in [-0.05, 0) is 31.2 Å². The van der Waals surface area contributed by atoms with Crippen LogP contribution in [0.5, 0.6) is 5.75 Å². The number of ether oxygens (including phenoxy) is 2. The number of hydrogen-bond acceptors (Lipinski definition) is 5. The predicted octanol–water partition coefficient (Wildman–Crippen LogP) is 3.20. The second-order valence-electron chi connectivity index (χ2n) is 4.94. The van der Waals surface area contributed by atoms with E-state index in [-0.39, 0.29) is 6.09 Å². The Labute approximate surface area is 133 Å². The summed E-state index contributed by atoms with van der Waals surface area (Å²) in [6.07, 6.45) is 0.542. The minimum absolute atomic E-state index is 0.219. The first-order chi connectivity index (χ1) is 10.8. The third-order valence-corrected chi connectivity index (χ3v) is 4.36. The first kappa shape index (κ1) is 14.8. The molecule has 2 heterocycles. The summed E-state index contributed by atoms with van der Waals surface area (Å²) in [6.45, 7) is 4.47. The lowest BCUT2D eigenvalue weighted by atomic mass is 10.2. The fraction of sp³-hybridized carbons (Fsp3) is 0.375. The fourth-order valence-corrected chi connectivity index (χ4v) is 3.10. The van der Waals surface area contributed by atoms with Gasteiger partial charge in [-0.2, -0.15) is 0 Å². The minimum Gasteiger partial charge on any atom is -0.494 e. The quantitative estimate of drug-likeness (QED) is 0.821. The molecule has 1 saturated heterocycles. The molecule has 0 atom stereocenters. The second-order valence-corrected chi connectivity index (χ2v) is 5.88. The molecular formula is C16H18N2O3S. The van der Waals surface area contributed by atoms with E-state index in [9.17, 15) is 4.79 Å². The maximum Gasteiger partial charge on any atom is 0.409 e. The van der Waals surface area contributed by atoms with Crippen LogP contribution in [0, 0.1) is 0 Å². The summed E-state index contributed by atoms with van der Waals surface area (Å²) in [5.41, 5.74) is 2.04. The molecule has 0 N–H and O–H groups in total. The van der Waals surface area contributed by atoms with Crippen LogP contribution in [0.2, 0.25) is 0 Å². The molecule has 1 fully saturated rings. The molecule has 0 bridgehead atoms. The number of thiazole rings is 1. The summed E-state index contributed by atoms with van der Waals surface area (Å²) in [6, 6.07) is 7.94. The van der Waals surface area contributed by atoms with Crippen LogP contribution in [-0.2, 0) is 11.2 Å². The monoisotopic (exact) mass is 318 g/mol. The Balaban J connectivity index is 1.61. The SMILES string of the molecule is CCOc1ccc(-c2csc(CCN3CCOC3=O)n2)cc1. The summed E-state index contributed by atoms with van der Waals surface area (Å²) in [4.78, 5) is 17.7. The lowest BCUT2D eigenvalue weighted by Gasteiger charge is -2.10. The van der Waals surface area contributed by atoms with E-state index in [0.29, 0.717) is 26.3 Å². The smallest absolute Gasteiger partial charge is 0.409 e. The van der Waals surface area contributed by atoms with E-state index in [1.807, 2.05) is 36.6 Å². The molecule has 0 aliphatic carbocycles. The average Bonchev–Trinajstić information content (AvgIpc) is 3.15. The topological polar surface area (TPSA) is 51.7 Å². The summed E-state index contributed by atoms with van der Waals surface area (Å²) in [5, 5.41) is 3.08. The van der Waals surface area contributed by atoms with E-state index in [1.165, 1.54) is 0 Å². The van der Waals surface area contributed by atoms with Crippen molar-refractivity contribution >= 4 is 17.4 Å². The molecule has 0 saturated carbocycles. The van der Waals surface area contributed by atoms with E-state index in [0.717, 1.165) is 28.4 Å². The van der Waals surface area contributed by atoms with Crippen molar-refractivity contribution in [1.29, 1.82) is 0 Å². The number of cyclic esters (lactones) is 1. The molecule has 1 amide bonds. The molecule has 3 rings (SSSR count). The zero-order valence-corrected chi connectivity index (χ0v) is 13.3. The average molecular weight is 318 g/mol. The number of amides is 1. The van der Waals surface area contributed by atoms with E-state index < -0.39 is 0 Å². The van der Waals surface area contributed by atoms with Gasteiger partial charge in [0.2, 0.25) is 0 Å². The van der Waals surface area contributed by atoms with Gasteiger partial charge in [0.25, 0.3) is 0 Å². The molecule has 22 heavy (non-hydrogen) atoms. The molecule has 116 valence electrons. The van der Waals surface area contributed by atoms with Crippen LogP contribution in [0.3, 0.4) is 0 Å². The molecule has 1 aliphatic heterocycles. The van der Waals surface area contributed by atoms with Gasteiger partial charge in [0, 0.05) is 23.9 Å². The third-order valence-electron chi connectivity index (χ3n) is 3.45. The third kappa shape index (κ3) is 3.39.